The predicted molar refractivity (Wildman–Crippen MR) is 85.1 cm³/mol. The largest absolute Gasteiger partial charge is 0.497 e. The minimum atomic E-state index is 0.284. The molecule has 0 saturated carbocycles. The Labute approximate surface area is 125 Å². The first-order chi connectivity index (χ1) is 10.1. The minimum absolute atomic E-state index is 0.284. The van der Waals surface area contributed by atoms with Crippen LogP contribution in [0.2, 0.25) is 0 Å². The maximum absolute atomic E-state index is 5.85. The topological polar surface area (TPSA) is 64.3 Å². The van der Waals surface area contributed by atoms with Crippen LogP contribution in [0.1, 0.15) is 31.3 Å². The van der Waals surface area contributed by atoms with Crippen LogP contribution in [0.25, 0.3) is 0 Å². The van der Waals surface area contributed by atoms with Crippen LogP contribution in [0.15, 0.2) is 30.5 Å². The van der Waals surface area contributed by atoms with Gasteiger partial charge in [0.05, 0.1) is 24.7 Å². The molecular weight excluding hydrogens is 264 g/mol. The second-order valence-electron chi connectivity index (χ2n) is 5.18. The maximum atomic E-state index is 5.85. The van der Waals surface area contributed by atoms with Gasteiger partial charge in [-0.2, -0.15) is 0 Å². The summed E-state index contributed by atoms with van der Waals surface area (Å²) in [6.45, 7) is 4.52. The van der Waals surface area contributed by atoms with Crippen LogP contribution >= 0.6 is 0 Å². The van der Waals surface area contributed by atoms with Gasteiger partial charge in [-0.05, 0) is 12.1 Å². The van der Waals surface area contributed by atoms with Crippen LogP contribution in [-0.2, 0) is 6.54 Å². The van der Waals surface area contributed by atoms with E-state index in [1.54, 1.807) is 7.11 Å². The Kier molecular flexibility index (Phi) is 4.75. The van der Waals surface area contributed by atoms with E-state index in [0.29, 0.717) is 6.54 Å². The summed E-state index contributed by atoms with van der Waals surface area (Å²) in [4.78, 5) is 11.0. The van der Waals surface area contributed by atoms with Crippen molar-refractivity contribution in [3.05, 3.63) is 42.0 Å². The molecule has 0 amide bonds. The lowest BCUT2D eigenvalue weighted by Gasteiger charge is -2.22. The van der Waals surface area contributed by atoms with Crippen molar-refractivity contribution < 1.29 is 4.74 Å². The maximum Gasteiger partial charge on any atom is 0.131 e. The summed E-state index contributed by atoms with van der Waals surface area (Å²) in [6, 6.07) is 7.85. The number of aromatic nitrogens is 2. The molecule has 2 rings (SSSR count). The van der Waals surface area contributed by atoms with Gasteiger partial charge >= 0.3 is 0 Å². The van der Waals surface area contributed by atoms with Gasteiger partial charge in [0.1, 0.15) is 11.6 Å². The molecule has 1 aromatic heterocycles. The molecule has 5 heteroatoms. The van der Waals surface area contributed by atoms with Crippen molar-refractivity contribution in [3.63, 3.8) is 0 Å². The molecule has 0 unspecified atom stereocenters. The van der Waals surface area contributed by atoms with E-state index in [-0.39, 0.29) is 5.92 Å². The third-order valence-corrected chi connectivity index (χ3v) is 3.38. The van der Waals surface area contributed by atoms with Gasteiger partial charge < -0.3 is 15.4 Å². The highest BCUT2D eigenvalue weighted by Crippen LogP contribution is 2.28. The fraction of sp³-hybridized carbons (Fsp3) is 0.375. The number of rotatable bonds is 5. The van der Waals surface area contributed by atoms with Crippen molar-refractivity contribution in [2.45, 2.75) is 26.3 Å². The van der Waals surface area contributed by atoms with E-state index < -0.39 is 0 Å². The Balaban J connectivity index is 2.40. The van der Waals surface area contributed by atoms with Crippen molar-refractivity contribution in [3.8, 4) is 5.75 Å². The smallest absolute Gasteiger partial charge is 0.131 e. The average Bonchev–Trinajstić information content (AvgIpc) is 2.53. The van der Waals surface area contributed by atoms with E-state index in [9.17, 15) is 0 Å². The van der Waals surface area contributed by atoms with Gasteiger partial charge in [0, 0.05) is 31.3 Å². The van der Waals surface area contributed by atoms with E-state index in [1.165, 1.54) is 0 Å². The zero-order chi connectivity index (χ0) is 15.4. The molecule has 112 valence electrons. The van der Waals surface area contributed by atoms with Crippen LogP contribution in [0.4, 0.5) is 11.4 Å². The molecular formula is C16H22N4O. The molecule has 0 radical (unpaired) electrons. The van der Waals surface area contributed by atoms with Crippen molar-refractivity contribution in [1.82, 2.24) is 9.97 Å². The van der Waals surface area contributed by atoms with Crippen molar-refractivity contribution >= 4 is 11.4 Å². The van der Waals surface area contributed by atoms with E-state index in [2.05, 4.69) is 23.8 Å². The number of nitrogens with two attached hydrogens (primary N) is 1. The van der Waals surface area contributed by atoms with Crippen molar-refractivity contribution in [1.29, 1.82) is 0 Å². The summed E-state index contributed by atoms with van der Waals surface area (Å²) in [5.74, 6) is 1.91. The molecule has 0 fully saturated rings. The molecule has 0 bridgehead atoms. The van der Waals surface area contributed by atoms with Crippen LogP contribution in [0.3, 0.4) is 0 Å². The molecule has 1 heterocycles. The van der Waals surface area contributed by atoms with Crippen molar-refractivity contribution in [2.75, 3.05) is 19.1 Å². The van der Waals surface area contributed by atoms with Gasteiger partial charge in [-0.15, -0.1) is 0 Å². The summed E-state index contributed by atoms with van der Waals surface area (Å²) in [6.07, 6.45) is 1.84. The second kappa shape index (κ2) is 6.54. The highest BCUT2D eigenvalue weighted by atomic mass is 16.5. The SMILES string of the molecule is COc1cccc(N(C)c2cnc(C(C)C)nc2CN)c1. The molecule has 2 N–H and O–H groups in total. The van der Waals surface area contributed by atoms with Crippen molar-refractivity contribution in [2.24, 2.45) is 5.73 Å². The third kappa shape index (κ3) is 3.31. The van der Waals surface area contributed by atoms with Crippen LogP contribution in [0, 0.1) is 0 Å². The summed E-state index contributed by atoms with van der Waals surface area (Å²) in [5, 5.41) is 0. The molecule has 0 atom stereocenters. The number of hydrogen-bond acceptors (Lipinski definition) is 5. The minimum Gasteiger partial charge on any atom is -0.497 e. The standard InChI is InChI=1S/C16H22N4O/c1-11(2)16-18-10-15(14(9-17)19-16)20(3)12-6-5-7-13(8-12)21-4/h5-8,10-11H,9,17H2,1-4H3. The first-order valence-electron chi connectivity index (χ1n) is 7.00. The normalized spacial score (nSPS) is 10.8. The van der Waals surface area contributed by atoms with Crippen LogP contribution < -0.4 is 15.4 Å². The highest BCUT2D eigenvalue weighted by Gasteiger charge is 2.13. The second-order valence-corrected chi connectivity index (χ2v) is 5.18. The van der Waals surface area contributed by atoms with Gasteiger partial charge in [-0.1, -0.05) is 19.9 Å². The lowest BCUT2D eigenvalue weighted by atomic mass is 10.2. The molecule has 0 aliphatic carbocycles. The lowest BCUT2D eigenvalue weighted by Crippen LogP contribution is -2.16. The van der Waals surface area contributed by atoms with Crippen LogP contribution in [0.5, 0.6) is 5.75 Å². The monoisotopic (exact) mass is 286 g/mol. The summed E-state index contributed by atoms with van der Waals surface area (Å²) >= 11 is 0. The molecule has 21 heavy (non-hydrogen) atoms. The number of anilines is 2. The van der Waals surface area contributed by atoms with E-state index >= 15 is 0 Å². The molecule has 0 aliphatic rings. The van der Waals surface area contributed by atoms with E-state index in [1.807, 2.05) is 42.4 Å². The molecule has 0 aliphatic heterocycles. The zero-order valence-corrected chi connectivity index (χ0v) is 13.0. The van der Waals surface area contributed by atoms with Gasteiger partial charge in [-0.25, -0.2) is 9.97 Å². The lowest BCUT2D eigenvalue weighted by molar-refractivity contribution is 0.415. The molecule has 1 aromatic carbocycles. The van der Waals surface area contributed by atoms with Gasteiger partial charge in [0.2, 0.25) is 0 Å². The Morgan fingerprint density at radius 1 is 1.33 bits per heavy atom. The quantitative estimate of drug-likeness (QED) is 0.915. The Bertz CT molecular complexity index is 613. The van der Waals surface area contributed by atoms with E-state index in [4.69, 9.17) is 10.5 Å². The Hall–Kier alpha value is -2.14. The van der Waals surface area contributed by atoms with Gasteiger partial charge in [0.25, 0.3) is 0 Å². The Morgan fingerprint density at radius 2 is 2.10 bits per heavy atom. The highest BCUT2D eigenvalue weighted by molar-refractivity contribution is 5.65. The summed E-state index contributed by atoms with van der Waals surface area (Å²) in [5.41, 5.74) is 8.61. The van der Waals surface area contributed by atoms with E-state index in [0.717, 1.165) is 28.6 Å². The number of hydrogen-bond donors (Lipinski definition) is 1. The molecule has 0 spiro atoms. The molecule has 2 aromatic rings. The van der Waals surface area contributed by atoms with Gasteiger partial charge in [0.15, 0.2) is 0 Å². The fourth-order valence-electron chi connectivity index (χ4n) is 2.09. The summed E-state index contributed by atoms with van der Waals surface area (Å²) in [7, 11) is 3.63. The molecule has 5 nitrogen and oxygen atoms in total. The zero-order valence-electron chi connectivity index (χ0n) is 13.0. The first-order valence-corrected chi connectivity index (χ1v) is 7.00. The number of nitrogens with zero attached hydrogens (tertiary/aromatic N) is 3. The number of benzene rings is 1. The fourth-order valence-corrected chi connectivity index (χ4v) is 2.09. The molecule has 0 saturated heterocycles. The Morgan fingerprint density at radius 3 is 2.71 bits per heavy atom. The number of ether oxygens (including phenoxy) is 1. The van der Waals surface area contributed by atoms with Crippen LogP contribution in [-0.4, -0.2) is 24.1 Å². The number of methoxy groups -OCH3 is 1. The first kappa shape index (κ1) is 15.3. The summed E-state index contributed by atoms with van der Waals surface area (Å²) < 4.78 is 5.27. The third-order valence-electron chi connectivity index (χ3n) is 3.38. The van der Waals surface area contributed by atoms with Gasteiger partial charge in [-0.3, -0.25) is 0 Å². The predicted octanol–water partition coefficient (Wildman–Crippen LogP) is 2.84. The average molecular weight is 286 g/mol.